The summed E-state index contributed by atoms with van der Waals surface area (Å²) in [5, 5.41) is 11.0. The number of ether oxygens (including phenoxy) is 1. The monoisotopic (exact) mass is 294 g/mol. The van der Waals surface area contributed by atoms with Gasteiger partial charge in [-0.2, -0.15) is 0 Å². The van der Waals surface area contributed by atoms with E-state index in [1.54, 1.807) is 0 Å². The van der Waals surface area contributed by atoms with E-state index in [2.05, 4.69) is 0 Å². The second-order valence-electron chi connectivity index (χ2n) is 6.52. The van der Waals surface area contributed by atoms with Crippen LogP contribution in [0.15, 0.2) is 12.1 Å². The Hall–Kier alpha value is -0.730. The fourth-order valence-electron chi connectivity index (χ4n) is 3.90. The van der Waals surface area contributed by atoms with Gasteiger partial charge in [0, 0.05) is 16.9 Å². The van der Waals surface area contributed by atoms with Crippen LogP contribution in [0.1, 0.15) is 49.7 Å². The molecule has 3 heteroatoms. The molecule has 0 amide bonds. The van der Waals surface area contributed by atoms with Crippen LogP contribution >= 0.6 is 11.6 Å². The minimum atomic E-state index is -0.178. The summed E-state index contributed by atoms with van der Waals surface area (Å²) < 4.78 is 6.21. The Morgan fingerprint density at radius 2 is 1.75 bits per heavy atom. The van der Waals surface area contributed by atoms with E-state index >= 15 is 0 Å². The Morgan fingerprint density at radius 3 is 2.30 bits per heavy atom. The smallest absolute Gasteiger partial charge is 0.120 e. The van der Waals surface area contributed by atoms with Crippen molar-refractivity contribution in [1.29, 1.82) is 0 Å². The molecular formula is C17H23ClO2. The van der Waals surface area contributed by atoms with Crippen molar-refractivity contribution in [3.63, 3.8) is 0 Å². The highest BCUT2D eigenvalue weighted by atomic mass is 35.5. The maximum Gasteiger partial charge on any atom is 0.120 e. The average Bonchev–Trinajstić information content (AvgIpc) is 2.45. The fourth-order valence-corrected chi connectivity index (χ4v) is 4.00. The predicted molar refractivity (Wildman–Crippen MR) is 81.5 cm³/mol. The highest BCUT2D eigenvalue weighted by Crippen LogP contribution is 2.53. The van der Waals surface area contributed by atoms with Crippen molar-refractivity contribution >= 4 is 11.6 Å². The third-order valence-corrected chi connectivity index (χ3v) is 5.81. The number of halogens is 1. The maximum atomic E-state index is 10.2. The van der Waals surface area contributed by atoms with Crippen LogP contribution in [0.2, 0.25) is 5.02 Å². The van der Waals surface area contributed by atoms with E-state index < -0.39 is 0 Å². The summed E-state index contributed by atoms with van der Waals surface area (Å²) in [7, 11) is 0. The maximum absolute atomic E-state index is 10.2. The summed E-state index contributed by atoms with van der Waals surface area (Å²) in [6.07, 6.45) is 6.68. The van der Waals surface area contributed by atoms with Gasteiger partial charge in [0.2, 0.25) is 0 Å². The van der Waals surface area contributed by atoms with Crippen LogP contribution in [0.5, 0.6) is 5.75 Å². The molecule has 2 aliphatic rings. The number of hydrogen-bond acceptors (Lipinski definition) is 2. The molecule has 1 spiro atoms. The van der Waals surface area contributed by atoms with Gasteiger partial charge in [0.25, 0.3) is 0 Å². The van der Waals surface area contributed by atoms with E-state index in [-0.39, 0.29) is 17.6 Å². The second-order valence-corrected chi connectivity index (χ2v) is 6.90. The minimum absolute atomic E-state index is 0.0136. The number of aryl methyl sites for hydroxylation is 2. The van der Waals surface area contributed by atoms with Crippen LogP contribution in [0, 0.1) is 19.3 Å². The predicted octanol–water partition coefficient (Wildman–Crippen LogP) is 4.42. The molecule has 1 aromatic rings. The third kappa shape index (κ3) is 2.23. The molecule has 2 aliphatic carbocycles. The molecule has 2 nitrogen and oxygen atoms in total. The molecule has 1 N–H and O–H groups in total. The van der Waals surface area contributed by atoms with E-state index in [1.807, 2.05) is 26.0 Å². The van der Waals surface area contributed by atoms with Crippen molar-refractivity contribution in [2.75, 3.05) is 0 Å². The number of hydrogen-bond donors (Lipinski definition) is 1. The lowest BCUT2D eigenvalue weighted by Gasteiger charge is -2.55. The molecule has 0 aromatic heterocycles. The molecule has 2 unspecified atom stereocenters. The van der Waals surface area contributed by atoms with Gasteiger partial charge in [-0.3, -0.25) is 0 Å². The van der Waals surface area contributed by atoms with Crippen LogP contribution in [0.4, 0.5) is 0 Å². The summed E-state index contributed by atoms with van der Waals surface area (Å²) in [4.78, 5) is 0. The SMILES string of the molecule is Cc1cc(OC2CC(O)C23CCCCC3)cc(C)c1Cl. The van der Waals surface area contributed by atoms with Gasteiger partial charge in [-0.05, 0) is 49.9 Å². The van der Waals surface area contributed by atoms with Crippen molar-refractivity contribution in [3.8, 4) is 5.75 Å². The molecule has 0 saturated heterocycles. The first-order valence-corrected chi connectivity index (χ1v) is 8.02. The summed E-state index contributed by atoms with van der Waals surface area (Å²) in [6.45, 7) is 4.02. The van der Waals surface area contributed by atoms with Crippen LogP contribution < -0.4 is 4.74 Å². The van der Waals surface area contributed by atoms with Crippen molar-refractivity contribution in [1.82, 2.24) is 0 Å². The summed E-state index contributed by atoms with van der Waals surface area (Å²) in [5.74, 6) is 0.895. The van der Waals surface area contributed by atoms with Crippen molar-refractivity contribution in [2.24, 2.45) is 5.41 Å². The molecule has 20 heavy (non-hydrogen) atoms. The first-order chi connectivity index (χ1) is 9.53. The lowest BCUT2D eigenvalue weighted by Crippen LogP contribution is -2.60. The quantitative estimate of drug-likeness (QED) is 0.875. The summed E-state index contributed by atoms with van der Waals surface area (Å²) in [6, 6.07) is 4.02. The van der Waals surface area contributed by atoms with Crippen LogP contribution in [0.25, 0.3) is 0 Å². The van der Waals surface area contributed by atoms with Gasteiger partial charge in [0.05, 0.1) is 6.10 Å². The number of aliphatic hydroxyl groups is 1. The standard InChI is InChI=1S/C17H23ClO2/c1-11-8-13(9-12(2)16(11)18)20-15-10-14(19)17(15)6-4-3-5-7-17/h8-9,14-15,19H,3-7,10H2,1-2H3. The molecule has 0 heterocycles. The zero-order chi connectivity index (χ0) is 14.3. The number of benzene rings is 1. The van der Waals surface area contributed by atoms with E-state index in [0.29, 0.717) is 0 Å². The molecule has 110 valence electrons. The van der Waals surface area contributed by atoms with E-state index in [0.717, 1.165) is 41.2 Å². The number of rotatable bonds is 2. The van der Waals surface area contributed by atoms with Crippen LogP contribution in [-0.4, -0.2) is 17.3 Å². The molecule has 0 radical (unpaired) electrons. The average molecular weight is 295 g/mol. The van der Waals surface area contributed by atoms with Gasteiger partial charge >= 0.3 is 0 Å². The first-order valence-electron chi connectivity index (χ1n) is 7.64. The number of aliphatic hydroxyl groups excluding tert-OH is 1. The fraction of sp³-hybridized carbons (Fsp3) is 0.647. The van der Waals surface area contributed by atoms with E-state index in [9.17, 15) is 5.11 Å². The molecule has 2 atom stereocenters. The second kappa shape index (κ2) is 5.23. The summed E-state index contributed by atoms with van der Waals surface area (Å²) in [5.41, 5.74) is 2.12. The Labute approximate surface area is 126 Å². The van der Waals surface area contributed by atoms with Gasteiger partial charge < -0.3 is 9.84 Å². The molecule has 0 bridgehead atoms. The molecule has 2 saturated carbocycles. The lowest BCUT2D eigenvalue weighted by atomic mass is 9.56. The Balaban J connectivity index is 1.78. The topological polar surface area (TPSA) is 29.5 Å². The first kappa shape index (κ1) is 14.2. The largest absolute Gasteiger partial charge is 0.490 e. The Morgan fingerprint density at radius 1 is 1.15 bits per heavy atom. The van der Waals surface area contributed by atoms with Crippen LogP contribution in [0.3, 0.4) is 0 Å². The van der Waals surface area contributed by atoms with E-state index in [4.69, 9.17) is 16.3 Å². The highest BCUT2D eigenvalue weighted by Gasteiger charge is 2.56. The van der Waals surface area contributed by atoms with Crippen LogP contribution in [-0.2, 0) is 0 Å². The molecule has 0 aliphatic heterocycles. The van der Waals surface area contributed by atoms with Gasteiger partial charge in [-0.15, -0.1) is 0 Å². The van der Waals surface area contributed by atoms with Crippen molar-refractivity contribution in [3.05, 3.63) is 28.3 Å². The van der Waals surface area contributed by atoms with Crippen molar-refractivity contribution < 1.29 is 9.84 Å². The Bertz CT molecular complexity index is 483. The zero-order valence-electron chi connectivity index (χ0n) is 12.3. The van der Waals surface area contributed by atoms with Crippen molar-refractivity contribution in [2.45, 2.75) is 64.6 Å². The normalized spacial score (nSPS) is 28.2. The van der Waals surface area contributed by atoms with Gasteiger partial charge in [0.15, 0.2) is 0 Å². The molecule has 2 fully saturated rings. The lowest BCUT2D eigenvalue weighted by molar-refractivity contribution is -0.172. The van der Waals surface area contributed by atoms with Gasteiger partial charge in [-0.25, -0.2) is 0 Å². The third-order valence-electron chi connectivity index (χ3n) is 5.21. The zero-order valence-corrected chi connectivity index (χ0v) is 13.0. The van der Waals surface area contributed by atoms with Gasteiger partial charge in [-0.1, -0.05) is 30.9 Å². The van der Waals surface area contributed by atoms with Gasteiger partial charge in [0.1, 0.15) is 11.9 Å². The molecule has 3 rings (SSSR count). The molecule has 1 aromatic carbocycles. The Kier molecular flexibility index (Phi) is 3.72. The van der Waals surface area contributed by atoms with E-state index in [1.165, 1.54) is 19.3 Å². The molecular weight excluding hydrogens is 272 g/mol. The highest BCUT2D eigenvalue weighted by molar-refractivity contribution is 6.32. The summed E-state index contributed by atoms with van der Waals surface area (Å²) >= 11 is 6.20. The minimum Gasteiger partial charge on any atom is -0.490 e.